The van der Waals surface area contributed by atoms with Crippen molar-refractivity contribution in [1.82, 2.24) is 9.88 Å². The first kappa shape index (κ1) is 35.8. The van der Waals surface area contributed by atoms with Crippen LogP contribution in [0.5, 0.6) is 0 Å². The van der Waals surface area contributed by atoms with Gasteiger partial charge in [0.25, 0.3) is 0 Å². The molecule has 48 heavy (non-hydrogen) atoms. The van der Waals surface area contributed by atoms with Crippen LogP contribution in [0.2, 0.25) is 0 Å². The third-order valence-corrected chi connectivity index (χ3v) is 9.46. The first-order chi connectivity index (χ1) is 22.3. The Labute approximate surface area is 281 Å². The van der Waals surface area contributed by atoms with E-state index in [0.717, 1.165) is 72.1 Å². The summed E-state index contributed by atoms with van der Waals surface area (Å²) < 4.78 is 59.3. The van der Waals surface area contributed by atoms with E-state index in [0.29, 0.717) is 36.5 Å². The lowest BCUT2D eigenvalue weighted by Gasteiger charge is -2.41. The van der Waals surface area contributed by atoms with Crippen molar-refractivity contribution in [2.45, 2.75) is 105 Å². The van der Waals surface area contributed by atoms with Gasteiger partial charge in [-0.15, -0.1) is 0 Å². The standard InChI is InChI=1S/C38H47F4N3O3/c1-23-31(33(45-16-13-37(6,7)14-17-45)32(24(2)43-23)34(35(46)47)48-36(3,4)5)27-9-10-28-22-44(15-12-26(28)19-27)21-25-8-11-30(39)29(18-25)20-38(40,41)42/h8-11,18-19,34H,12-17,20-22H2,1-7H3,(H,46,47)/t34-/m0/s1. The summed E-state index contributed by atoms with van der Waals surface area (Å²) in [5, 5.41) is 10.5. The number of benzene rings is 2. The van der Waals surface area contributed by atoms with Crippen molar-refractivity contribution in [1.29, 1.82) is 0 Å². The number of carboxylic acid groups (broad SMARTS) is 1. The number of carboxylic acids is 1. The number of hydrogen-bond acceptors (Lipinski definition) is 5. The van der Waals surface area contributed by atoms with E-state index in [-0.39, 0.29) is 11.0 Å². The summed E-state index contributed by atoms with van der Waals surface area (Å²) in [6, 6.07) is 10.3. The SMILES string of the molecule is Cc1nc(C)c([C@H](OC(C)(C)C)C(=O)O)c(N2CCC(C)(C)CC2)c1-c1ccc2c(c1)CCN(Cc1ccc(F)c(CC(F)(F)F)c1)C2. The maximum Gasteiger partial charge on any atom is 0.393 e. The van der Waals surface area contributed by atoms with Crippen LogP contribution in [0.25, 0.3) is 11.1 Å². The highest BCUT2D eigenvalue weighted by Gasteiger charge is 2.37. The molecule has 260 valence electrons. The maximum absolute atomic E-state index is 14.1. The number of rotatable bonds is 8. The van der Waals surface area contributed by atoms with Crippen LogP contribution < -0.4 is 4.90 Å². The molecular formula is C38H47F4N3O3. The van der Waals surface area contributed by atoms with Crippen molar-refractivity contribution in [3.63, 3.8) is 0 Å². The van der Waals surface area contributed by atoms with Gasteiger partial charge in [-0.3, -0.25) is 9.88 Å². The Morgan fingerprint density at radius 2 is 1.69 bits per heavy atom. The number of aliphatic carboxylic acids is 1. The van der Waals surface area contributed by atoms with E-state index < -0.39 is 36.1 Å². The Kier molecular flexibility index (Phi) is 10.0. The zero-order chi connectivity index (χ0) is 35.2. The number of aryl methyl sites for hydroxylation is 2. The van der Waals surface area contributed by atoms with Crippen molar-refractivity contribution in [3.8, 4) is 11.1 Å². The molecule has 6 nitrogen and oxygen atoms in total. The number of hydrogen-bond donors (Lipinski definition) is 1. The van der Waals surface area contributed by atoms with E-state index in [1.165, 1.54) is 6.07 Å². The van der Waals surface area contributed by atoms with Gasteiger partial charge in [0.2, 0.25) is 0 Å². The predicted octanol–water partition coefficient (Wildman–Crippen LogP) is 8.73. The number of carbonyl (C=O) groups is 1. The first-order valence-electron chi connectivity index (χ1n) is 16.7. The largest absolute Gasteiger partial charge is 0.479 e. The van der Waals surface area contributed by atoms with E-state index in [9.17, 15) is 27.5 Å². The Balaban J connectivity index is 1.51. The third kappa shape index (κ3) is 8.37. The topological polar surface area (TPSA) is 65.9 Å². The minimum absolute atomic E-state index is 0.188. The molecule has 2 aromatic carbocycles. The highest BCUT2D eigenvalue weighted by Crippen LogP contribution is 2.45. The summed E-state index contributed by atoms with van der Waals surface area (Å²) in [5.41, 5.74) is 6.85. The van der Waals surface area contributed by atoms with Crippen LogP contribution in [0.3, 0.4) is 0 Å². The van der Waals surface area contributed by atoms with Gasteiger partial charge in [-0.25, -0.2) is 9.18 Å². The van der Waals surface area contributed by atoms with E-state index in [2.05, 4.69) is 41.8 Å². The van der Waals surface area contributed by atoms with Crippen LogP contribution in [0.15, 0.2) is 36.4 Å². The summed E-state index contributed by atoms with van der Waals surface area (Å²) in [6.45, 7) is 17.2. The lowest BCUT2D eigenvalue weighted by Crippen LogP contribution is -2.39. The van der Waals surface area contributed by atoms with Crippen LogP contribution in [0.1, 0.15) is 92.8 Å². The highest BCUT2D eigenvalue weighted by atomic mass is 19.4. The molecular weight excluding hydrogens is 622 g/mol. The molecule has 5 rings (SSSR count). The van der Waals surface area contributed by atoms with E-state index >= 15 is 0 Å². The number of aromatic nitrogens is 1. The van der Waals surface area contributed by atoms with Gasteiger partial charge in [0.1, 0.15) is 5.82 Å². The van der Waals surface area contributed by atoms with Crippen LogP contribution in [-0.2, 0) is 35.5 Å². The summed E-state index contributed by atoms with van der Waals surface area (Å²) in [4.78, 5) is 22.2. The molecule has 1 atom stereocenters. The Bertz CT molecular complexity index is 1670. The Morgan fingerprint density at radius 3 is 2.31 bits per heavy atom. The van der Waals surface area contributed by atoms with Gasteiger partial charge in [0.15, 0.2) is 6.10 Å². The fourth-order valence-corrected chi connectivity index (χ4v) is 6.99. The van der Waals surface area contributed by atoms with Crippen molar-refractivity contribution >= 4 is 11.7 Å². The second-order valence-corrected chi connectivity index (χ2v) is 15.2. The number of ether oxygens (including phenoxy) is 1. The molecule has 0 spiro atoms. The fraction of sp³-hybridized carbons (Fsp3) is 0.526. The Morgan fingerprint density at radius 1 is 1.00 bits per heavy atom. The van der Waals surface area contributed by atoms with Gasteiger partial charge >= 0.3 is 12.1 Å². The molecule has 1 aromatic heterocycles. The molecule has 0 amide bonds. The molecule has 10 heteroatoms. The second-order valence-electron chi connectivity index (χ2n) is 15.2. The zero-order valence-corrected chi connectivity index (χ0v) is 29.0. The molecule has 0 aliphatic carbocycles. The van der Waals surface area contributed by atoms with Crippen LogP contribution in [0, 0.1) is 25.1 Å². The van der Waals surface area contributed by atoms with Gasteiger partial charge in [0.05, 0.1) is 17.7 Å². The minimum atomic E-state index is -4.48. The summed E-state index contributed by atoms with van der Waals surface area (Å²) in [5.74, 6) is -1.90. The minimum Gasteiger partial charge on any atom is -0.479 e. The number of nitrogens with zero attached hydrogens (tertiary/aromatic N) is 3. The molecule has 0 saturated carbocycles. The zero-order valence-electron chi connectivity index (χ0n) is 29.0. The van der Waals surface area contributed by atoms with Gasteiger partial charge in [0, 0.05) is 55.2 Å². The molecule has 2 aliphatic rings. The quantitative estimate of drug-likeness (QED) is 0.242. The van der Waals surface area contributed by atoms with Crippen LogP contribution >= 0.6 is 0 Å². The third-order valence-electron chi connectivity index (χ3n) is 9.46. The van der Waals surface area contributed by atoms with Crippen LogP contribution in [-0.4, -0.2) is 52.4 Å². The average molecular weight is 670 g/mol. The van der Waals surface area contributed by atoms with Gasteiger partial charge < -0.3 is 14.7 Å². The Hall–Kier alpha value is -3.50. The highest BCUT2D eigenvalue weighted by molar-refractivity contribution is 5.88. The summed E-state index contributed by atoms with van der Waals surface area (Å²) >= 11 is 0. The van der Waals surface area contributed by atoms with E-state index in [1.54, 1.807) is 6.07 Å². The molecule has 1 N–H and O–H groups in total. The monoisotopic (exact) mass is 669 g/mol. The smallest absolute Gasteiger partial charge is 0.393 e. The van der Waals surface area contributed by atoms with Crippen molar-refractivity contribution in [2.75, 3.05) is 24.5 Å². The van der Waals surface area contributed by atoms with E-state index in [1.807, 2.05) is 34.6 Å². The van der Waals surface area contributed by atoms with Crippen LogP contribution in [0.4, 0.5) is 23.2 Å². The number of fused-ring (bicyclic) bond motifs is 1. The summed E-state index contributed by atoms with van der Waals surface area (Å²) in [6.07, 6.45) is -4.31. The predicted molar refractivity (Wildman–Crippen MR) is 180 cm³/mol. The number of pyridine rings is 1. The molecule has 2 aliphatic heterocycles. The number of piperidine rings is 1. The molecule has 1 fully saturated rings. The number of alkyl halides is 3. The molecule has 3 aromatic rings. The molecule has 0 radical (unpaired) electrons. The number of halogens is 4. The lowest BCUT2D eigenvalue weighted by atomic mass is 9.81. The summed E-state index contributed by atoms with van der Waals surface area (Å²) in [7, 11) is 0. The first-order valence-corrected chi connectivity index (χ1v) is 16.7. The van der Waals surface area contributed by atoms with E-state index in [4.69, 9.17) is 9.72 Å². The second kappa shape index (κ2) is 13.4. The van der Waals surface area contributed by atoms with Crippen molar-refractivity contribution in [3.05, 3.63) is 81.4 Å². The number of anilines is 1. The molecule has 0 bridgehead atoms. The molecule has 0 unspecified atom stereocenters. The van der Waals surface area contributed by atoms with Crippen molar-refractivity contribution < 1.29 is 32.2 Å². The molecule has 1 saturated heterocycles. The lowest BCUT2D eigenvalue weighted by molar-refractivity contribution is -0.160. The molecule has 3 heterocycles. The maximum atomic E-state index is 14.1. The average Bonchev–Trinajstić information content (AvgIpc) is 2.96. The van der Waals surface area contributed by atoms with Gasteiger partial charge in [-0.2, -0.15) is 13.2 Å². The fourth-order valence-electron chi connectivity index (χ4n) is 6.99. The normalized spacial score (nSPS) is 17.7. The van der Waals surface area contributed by atoms with Gasteiger partial charge in [-0.05, 0) is 93.2 Å². The van der Waals surface area contributed by atoms with Crippen molar-refractivity contribution in [2.24, 2.45) is 5.41 Å². The van der Waals surface area contributed by atoms with Gasteiger partial charge in [-0.1, -0.05) is 44.2 Å².